The highest BCUT2D eigenvalue weighted by atomic mass is 16.5. The van der Waals surface area contributed by atoms with Gasteiger partial charge in [0, 0.05) is 17.0 Å². The molecule has 2 aromatic heterocycles. The van der Waals surface area contributed by atoms with E-state index in [0.717, 1.165) is 22.2 Å². The first-order valence-corrected chi connectivity index (χ1v) is 8.25. The van der Waals surface area contributed by atoms with Gasteiger partial charge < -0.3 is 9.26 Å². The molecule has 4 rings (SSSR count). The zero-order valence-corrected chi connectivity index (χ0v) is 14.2. The molecule has 128 valence electrons. The summed E-state index contributed by atoms with van der Waals surface area (Å²) in [6.07, 6.45) is 0. The lowest BCUT2D eigenvalue weighted by Gasteiger charge is -2.09. The maximum atomic E-state index is 12.7. The number of carbonyl (C=O) groups excluding carboxylic acids is 1. The number of benzene rings is 2. The van der Waals surface area contributed by atoms with E-state index in [1.165, 1.54) is 0 Å². The van der Waals surface area contributed by atoms with Gasteiger partial charge in [0.25, 0.3) is 0 Å². The maximum Gasteiger partial charge on any atom is 0.339 e. The molecular formula is C21H16N2O3. The second-order valence-electron chi connectivity index (χ2n) is 5.94. The lowest BCUT2D eigenvalue weighted by molar-refractivity contribution is 0.0466. The average molecular weight is 344 g/mol. The predicted octanol–water partition coefficient (Wildman–Crippen LogP) is 4.56. The smallest absolute Gasteiger partial charge is 0.339 e. The number of hydrogen-bond acceptors (Lipinski definition) is 5. The molecule has 0 bridgehead atoms. The van der Waals surface area contributed by atoms with E-state index in [1.807, 2.05) is 54.6 Å². The summed E-state index contributed by atoms with van der Waals surface area (Å²) in [7, 11) is 0. The number of hydrogen-bond donors (Lipinski definition) is 0. The van der Waals surface area contributed by atoms with Crippen molar-refractivity contribution in [1.29, 1.82) is 0 Å². The van der Waals surface area contributed by atoms with Gasteiger partial charge in [-0.2, -0.15) is 0 Å². The fourth-order valence-electron chi connectivity index (χ4n) is 2.80. The Hall–Kier alpha value is -3.47. The van der Waals surface area contributed by atoms with E-state index >= 15 is 0 Å². The van der Waals surface area contributed by atoms with Crippen molar-refractivity contribution in [3.05, 3.63) is 83.7 Å². The monoisotopic (exact) mass is 344 g/mol. The summed E-state index contributed by atoms with van der Waals surface area (Å²) in [6.45, 7) is 1.86. The topological polar surface area (TPSA) is 65.2 Å². The lowest BCUT2D eigenvalue weighted by atomic mass is 10.0. The quantitative estimate of drug-likeness (QED) is 0.508. The minimum Gasteiger partial charge on any atom is -0.455 e. The summed E-state index contributed by atoms with van der Waals surface area (Å²) in [6, 6.07) is 20.8. The number of ether oxygens (including phenoxy) is 1. The molecule has 0 radical (unpaired) electrons. The fraction of sp³-hybridized carbons (Fsp3) is 0.0952. The van der Waals surface area contributed by atoms with Gasteiger partial charge in [-0.25, -0.2) is 9.78 Å². The Labute approximate surface area is 150 Å². The van der Waals surface area contributed by atoms with Crippen molar-refractivity contribution in [2.24, 2.45) is 0 Å². The van der Waals surface area contributed by atoms with Crippen LogP contribution in [0.15, 0.2) is 71.3 Å². The van der Waals surface area contributed by atoms with Crippen molar-refractivity contribution in [1.82, 2.24) is 10.1 Å². The molecule has 26 heavy (non-hydrogen) atoms. The molecule has 0 saturated carbocycles. The summed E-state index contributed by atoms with van der Waals surface area (Å²) in [4.78, 5) is 17.4. The van der Waals surface area contributed by atoms with Gasteiger partial charge in [-0.1, -0.05) is 53.7 Å². The summed E-state index contributed by atoms with van der Waals surface area (Å²) in [5.74, 6) is 0.262. The van der Waals surface area contributed by atoms with Crippen LogP contribution in [0.5, 0.6) is 0 Å². The molecular weight excluding hydrogens is 328 g/mol. The van der Waals surface area contributed by atoms with E-state index in [2.05, 4.69) is 10.1 Å². The Kier molecular flexibility index (Phi) is 4.19. The molecule has 2 aromatic carbocycles. The summed E-state index contributed by atoms with van der Waals surface area (Å²) in [5.41, 5.74) is 3.48. The second kappa shape index (κ2) is 6.80. The zero-order valence-electron chi connectivity index (χ0n) is 14.2. The Morgan fingerprint density at radius 1 is 1.04 bits per heavy atom. The number of nitrogens with zero attached hydrogens (tertiary/aromatic N) is 2. The van der Waals surface area contributed by atoms with Crippen molar-refractivity contribution < 1.29 is 14.1 Å². The number of rotatable bonds is 4. The number of aryl methyl sites for hydroxylation is 1. The molecule has 0 spiro atoms. The number of pyridine rings is 1. The molecule has 0 atom stereocenters. The van der Waals surface area contributed by atoms with Gasteiger partial charge >= 0.3 is 5.97 Å². The van der Waals surface area contributed by atoms with Crippen LogP contribution in [0, 0.1) is 6.92 Å². The highest BCUT2D eigenvalue weighted by molar-refractivity contribution is 6.04. The Balaban J connectivity index is 1.71. The van der Waals surface area contributed by atoms with Crippen molar-refractivity contribution in [2.75, 3.05) is 0 Å². The molecule has 0 aliphatic heterocycles. The normalized spacial score (nSPS) is 10.8. The van der Waals surface area contributed by atoms with E-state index in [-0.39, 0.29) is 6.61 Å². The molecule has 0 unspecified atom stereocenters. The van der Waals surface area contributed by atoms with E-state index in [4.69, 9.17) is 9.26 Å². The molecule has 0 saturated heterocycles. The van der Waals surface area contributed by atoms with Crippen LogP contribution in [0.4, 0.5) is 0 Å². The molecule has 5 heteroatoms. The van der Waals surface area contributed by atoms with Crippen LogP contribution < -0.4 is 0 Å². The molecule has 2 heterocycles. The van der Waals surface area contributed by atoms with Crippen LogP contribution in [0.2, 0.25) is 0 Å². The van der Waals surface area contributed by atoms with E-state index in [9.17, 15) is 4.79 Å². The van der Waals surface area contributed by atoms with Crippen molar-refractivity contribution in [3.63, 3.8) is 0 Å². The molecule has 5 nitrogen and oxygen atoms in total. The number of fused-ring (bicyclic) bond motifs is 1. The molecule has 4 aromatic rings. The third kappa shape index (κ3) is 3.19. The third-order valence-corrected chi connectivity index (χ3v) is 4.03. The van der Waals surface area contributed by atoms with Gasteiger partial charge in [-0.05, 0) is 19.1 Å². The minimum absolute atomic E-state index is 0.0630. The van der Waals surface area contributed by atoms with Gasteiger partial charge in [-0.15, -0.1) is 0 Å². The Morgan fingerprint density at radius 2 is 1.81 bits per heavy atom. The third-order valence-electron chi connectivity index (χ3n) is 4.03. The molecule has 0 N–H and O–H groups in total. The maximum absolute atomic E-state index is 12.7. The van der Waals surface area contributed by atoms with Crippen molar-refractivity contribution in [2.45, 2.75) is 13.5 Å². The largest absolute Gasteiger partial charge is 0.455 e. The van der Waals surface area contributed by atoms with Gasteiger partial charge in [0.05, 0.1) is 16.8 Å². The Morgan fingerprint density at radius 3 is 2.58 bits per heavy atom. The average Bonchev–Trinajstić information content (AvgIpc) is 3.11. The van der Waals surface area contributed by atoms with Crippen LogP contribution in [-0.4, -0.2) is 16.1 Å². The standard InChI is InChI=1S/C21H16N2O3/c1-14-11-16(23-26-14)13-25-21(24)18-12-20(15-7-3-2-4-8-15)22-19-10-6-5-9-17(18)19/h2-12H,13H2,1H3. The lowest BCUT2D eigenvalue weighted by Crippen LogP contribution is -2.07. The number of aromatic nitrogens is 2. The van der Waals surface area contributed by atoms with Crippen LogP contribution in [-0.2, 0) is 11.3 Å². The highest BCUT2D eigenvalue weighted by Crippen LogP contribution is 2.25. The van der Waals surface area contributed by atoms with Crippen molar-refractivity contribution >= 4 is 16.9 Å². The minimum atomic E-state index is -0.415. The summed E-state index contributed by atoms with van der Waals surface area (Å²) >= 11 is 0. The van der Waals surface area contributed by atoms with Gasteiger partial charge in [0.15, 0.2) is 0 Å². The first kappa shape index (κ1) is 16.0. The highest BCUT2D eigenvalue weighted by Gasteiger charge is 2.16. The number of esters is 1. The van der Waals surface area contributed by atoms with E-state index in [0.29, 0.717) is 17.0 Å². The molecule has 0 amide bonds. The first-order chi connectivity index (χ1) is 12.7. The predicted molar refractivity (Wildman–Crippen MR) is 97.5 cm³/mol. The van der Waals surface area contributed by atoms with Gasteiger partial charge in [0.1, 0.15) is 18.1 Å². The van der Waals surface area contributed by atoms with Crippen LogP contribution >= 0.6 is 0 Å². The SMILES string of the molecule is Cc1cc(COC(=O)c2cc(-c3ccccc3)nc3ccccc23)no1. The first-order valence-electron chi connectivity index (χ1n) is 8.25. The molecule has 0 aliphatic rings. The number of para-hydroxylation sites is 1. The van der Waals surface area contributed by atoms with Crippen LogP contribution in [0.3, 0.4) is 0 Å². The van der Waals surface area contributed by atoms with E-state index in [1.54, 1.807) is 19.1 Å². The zero-order chi connectivity index (χ0) is 17.9. The van der Waals surface area contributed by atoms with Crippen LogP contribution in [0.25, 0.3) is 22.2 Å². The van der Waals surface area contributed by atoms with Crippen LogP contribution in [0.1, 0.15) is 21.8 Å². The van der Waals surface area contributed by atoms with Gasteiger partial charge in [0.2, 0.25) is 0 Å². The fourth-order valence-corrected chi connectivity index (χ4v) is 2.80. The second-order valence-corrected chi connectivity index (χ2v) is 5.94. The Bertz CT molecular complexity index is 1070. The molecule has 0 fully saturated rings. The summed E-state index contributed by atoms with van der Waals surface area (Å²) < 4.78 is 10.4. The molecule has 0 aliphatic carbocycles. The summed E-state index contributed by atoms with van der Waals surface area (Å²) in [5, 5.41) is 4.60. The van der Waals surface area contributed by atoms with E-state index < -0.39 is 5.97 Å². The van der Waals surface area contributed by atoms with Gasteiger partial charge in [-0.3, -0.25) is 0 Å². The van der Waals surface area contributed by atoms with Crippen molar-refractivity contribution in [3.8, 4) is 11.3 Å². The number of carbonyl (C=O) groups is 1.